The van der Waals surface area contributed by atoms with Crippen molar-refractivity contribution >= 4 is 29.2 Å². The smallest absolute Gasteiger partial charge is 0.319 e. The number of anilines is 1. The first kappa shape index (κ1) is 16.6. The van der Waals surface area contributed by atoms with Crippen molar-refractivity contribution in [2.24, 2.45) is 5.92 Å². The predicted octanol–water partition coefficient (Wildman–Crippen LogP) is 3.08. The van der Waals surface area contributed by atoms with E-state index in [2.05, 4.69) is 16.0 Å². The minimum atomic E-state index is -0.294. The molecule has 0 saturated heterocycles. The summed E-state index contributed by atoms with van der Waals surface area (Å²) in [7, 11) is 0. The van der Waals surface area contributed by atoms with E-state index in [-0.39, 0.29) is 17.9 Å². The number of aryl methyl sites for hydroxylation is 1. The van der Waals surface area contributed by atoms with Crippen molar-refractivity contribution in [2.75, 3.05) is 18.4 Å². The van der Waals surface area contributed by atoms with E-state index in [4.69, 9.17) is 11.6 Å². The Balaban J connectivity index is 1.61. The third-order valence-electron chi connectivity index (χ3n) is 3.85. The van der Waals surface area contributed by atoms with Gasteiger partial charge in [-0.05, 0) is 37.8 Å². The molecule has 6 heteroatoms. The highest BCUT2D eigenvalue weighted by Gasteiger charge is 2.24. The summed E-state index contributed by atoms with van der Waals surface area (Å²) in [4.78, 5) is 23.4. The molecule has 0 spiro atoms. The quantitative estimate of drug-likeness (QED) is 0.704. The summed E-state index contributed by atoms with van der Waals surface area (Å²) < 4.78 is 0. The standard InChI is InChI=1S/C16H22ClN3O2/c1-11-5-2-8-13(14(11)17)20-16(22)19-10-4-9-18-15(21)12-6-3-7-12/h2,5,8,12H,3-4,6-7,9-10H2,1H3,(H,18,21)(H2,19,20,22). The van der Waals surface area contributed by atoms with E-state index < -0.39 is 0 Å². The van der Waals surface area contributed by atoms with Gasteiger partial charge in [-0.25, -0.2) is 4.79 Å². The van der Waals surface area contributed by atoms with Gasteiger partial charge in [0.1, 0.15) is 0 Å². The second-order valence-corrected chi connectivity index (χ2v) is 5.97. The summed E-state index contributed by atoms with van der Waals surface area (Å²) in [5.41, 5.74) is 1.51. The van der Waals surface area contributed by atoms with Gasteiger partial charge in [0.25, 0.3) is 0 Å². The third-order valence-corrected chi connectivity index (χ3v) is 4.36. The zero-order valence-corrected chi connectivity index (χ0v) is 13.5. The normalized spacial score (nSPS) is 14.1. The fraction of sp³-hybridized carbons (Fsp3) is 0.500. The monoisotopic (exact) mass is 323 g/mol. The van der Waals surface area contributed by atoms with Crippen LogP contribution in [-0.4, -0.2) is 25.0 Å². The lowest BCUT2D eigenvalue weighted by Crippen LogP contribution is -2.36. The van der Waals surface area contributed by atoms with Crippen LogP contribution in [-0.2, 0) is 4.79 Å². The average molecular weight is 324 g/mol. The van der Waals surface area contributed by atoms with Gasteiger partial charge < -0.3 is 16.0 Å². The Morgan fingerprint density at radius 3 is 2.64 bits per heavy atom. The molecule has 3 amide bonds. The van der Waals surface area contributed by atoms with Gasteiger partial charge in [-0.2, -0.15) is 0 Å². The number of benzene rings is 1. The molecule has 1 aliphatic rings. The van der Waals surface area contributed by atoms with Gasteiger partial charge in [0.15, 0.2) is 0 Å². The maximum atomic E-state index is 11.8. The Morgan fingerprint density at radius 1 is 1.23 bits per heavy atom. The summed E-state index contributed by atoms with van der Waals surface area (Å²) in [5.74, 6) is 0.349. The molecule has 22 heavy (non-hydrogen) atoms. The number of carbonyl (C=O) groups is 2. The third kappa shape index (κ3) is 4.63. The van der Waals surface area contributed by atoms with Crippen LogP contribution in [0.2, 0.25) is 5.02 Å². The number of rotatable bonds is 6. The molecule has 0 atom stereocenters. The van der Waals surface area contributed by atoms with Crippen LogP contribution in [0.5, 0.6) is 0 Å². The van der Waals surface area contributed by atoms with Crippen LogP contribution in [0.3, 0.4) is 0 Å². The molecular weight excluding hydrogens is 302 g/mol. The number of urea groups is 1. The Hall–Kier alpha value is -1.75. The molecule has 1 saturated carbocycles. The van der Waals surface area contributed by atoms with E-state index in [1.54, 1.807) is 6.07 Å². The SMILES string of the molecule is Cc1cccc(NC(=O)NCCCNC(=O)C2CCC2)c1Cl. The molecule has 0 aromatic heterocycles. The Morgan fingerprint density at radius 2 is 1.95 bits per heavy atom. The van der Waals surface area contributed by atoms with Crippen molar-refractivity contribution < 1.29 is 9.59 Å². The Labute approximate surface area is 135 Å². The van der Waals surface area contributed by atoms with Crippen molar-refractivity contribution in [3.8, 4) is 0 Å². The number of carbonyl (C=O) groups excluding carboxylic acids is 2. The highest BCUT2D eigenvalue weighted by Crippen LogP contribution is 2.26. The number of hydrogen-bond donors (Lipinski definition) is 3. The Kier molecular flexibility index (Phi) is 6.07. The van der Waals surface area contributed by atoms with Gasteiger partial charge in [-0.3, -0.25) is 4.79 Å². The van der Waals surface area contributed by atoms with Crippen LogP contribution in [0.25, 0.3) is 0 Å². The molecule has 1 aliphatic carbocycles. The molecule has 120 valence electrons. The van der Waals surface area contributed by atoms with Crippen LogP contribution in [0, 0.1) is 12.8 Å². The first-order valence-electron chi connectivity index (χ1n) is 7.65. The van der Waals surface area contributed by atoms with E-state index in [1.165, 1.54) is 0 Å². The fourth-order valence-corrected chi connectivity index (χ4v) is 2.40. The topological polar surface area (TPSA) is 70.2 Å². The van der Waals surface area contributed by atoms with Crippen LogP contribution in [0.4, 0.5) is 10.5 Å². The minimum absolute atomic E-state index is 0.141. The van der Waals surface area contributed by atoms with E-state index in [0.29, 0.717) is 30.2 Å². The number of nitrogens with one attached hydrogen (secondary N) is 3. The molecule has 1 fully saturated rings. The first-order valence-corrected chi connectivity index (χ1v) is 8.03. The number of hydrogen-bond acceptors (Lipinski definition) is 2. The zero-order chi connectivity index (χ0) is 15.9. The maximum absolute atomic E-state index is 11.8. The van der Waals surface area contributed by atoms with E-state index in [1.807, 2.05) is 19.1 Å². The van der Waals surface area contributed by atoms with Gasteiger partial charge >= 0.3 is 6.03 Å². The molecule has 0 radical (unpaired) electrons. The second kappa shape index (κ2) is 8.03. The molecule has 1 aromatic carbocycles. The summed E-state index contributed by atoms with van der Waals surface area (Å²) in [6.07, 6.45) is 3.86. The molecule has 5 nitrogen and oxygen atoms in total. The molecule has 0 aliphatic heterocycles. The van der Waals surface area contributed by atoms with Crippen molar-refractivity contribution in [3.05, 3.63) is 28.8 Å². The molecule has 3 N–H and O–H groups in total. The number of halogens is 1. The zero-order valence-electron chi connectivity index (χ0n) is 12.7. The van der Waals surface area contributed by atoms with Gasteiger partial charge in [0.2, 0.25) is 5.91 Å². The van der Waals surface area contributed by atoms with Crippen LogP contribution in [0.15, 0.2) is 18.2 Å². The fourth-order valence-electron chi connectivity index (χ4n) is 2.23. The summed E-state index contributed by atoms with van der Waals surface area (Å²) in [6, 6.07) is 5.19. The molecule has 0 unspecified atom stereocenters. The highest BCUT2D eigenvalue weighted by molar-refractivity contribution is 6.34. The summed E-state index contributed by atoms with van der Waals surface area (Å²) >= 11 is 6.11. The molecular formula is C16H22ClN3O2. The second-order valence-electron chi connectivity index (χ2n) is 5.59. The van der Waals surface area contributed by atoms with Crippen molar-refractivity contribution in [1.82, 2.24) is 10.6 Å². The lowest BCUT2D eigenvalue weighted by atomic mass is 9.85. The maximum Gasteiger partial charge on any atom is 0.319 e. The van der Waals surface area contributed by atoms with Crippen LogP contribution >= 0.6 is 11.6 Å². The number of amides is 3. The molecule has 0 heterocycles. The predicted molar refractivity (Wildman–Crippen MR) is 88.2 cm³/mol. The Bertz CT molecular complexity index is 544. The summed E-state index contributed by atoms with van der Waals surface area (Å²) in [5, 5.41) is 8.91. The molecule has 1 aromatic rings. The van der Waals surface area contributed by atoms with Crippen molar-refractivity contribution in [1.29, 1.82) is 0 Å². The average Bonchev–Trinajstić information content (AvgIpc) is 2.41. The molecule has 0 bridgehead atoms. The van der Waals surface area contributed by atoms with Crippen molar-refractivity contribution in [3.63, 3.8) is 0 Å². The van der Waals surface area contributed by atoms with Gasteiger partial charge in [0.05, 0.1) is 10.7 Å². The van der Waals surface area contributed by atoms with E-state index in [0.717, 1.165) is 24.8 Å². The van der Waals surface area contributed by atoms with Crippen LogP contribution in [0.1, 0.15) is 31.2 Å². The first-order chi connectivity index (χ1) is 10.6. The largest absolute Gasteiger partial charge is 0.356 e. The van der Waals surface area contributed by atoms with Crippen LogP contribution < -0.4 is 16.0 Å². The van der Waals surface area contributed by atoms with E-state index in [9.17, 15) is 9.59 Å². The lowest BCUT2D eigenvalue weighted by molar-refractivity contribution is -0.127. The van der Waals surface area contributed by atoms with E-state index >= 15 is 0 Å². The highest BCUT2D eigenvalue weighted by atomic mass is 35.5. The lowest BCUT2D eigenvalue weighted by Gasteiger charge is -2.24. The van der Waals surface area contributed by atoms with Gasteiger partial charge in [-0.1, -0.05) is 30.2 Å². The van der Waals surface area contributed by atoms with Gasteiger partial charge in [0, 0.05) is 19.0 Å². The van der Waals surface area contributed by atoms with Gasteiger partial charge in [-0.15, -0.1) is 0 Å². The summed E-state index contributed by atoms with van der Waals surface area (Å²) in [6.45, 7) is 2.97. The van der Waals surface area contributed by atoms with Crippen molar-refractivity contribution in [2.45, 2.75) is 32.6 Å². The minimum Gasteiger partial charge on any atom is -0.356 e. The molecule has 2 rings (SSSR count).